The van der Waals surface area contributed by atoms with Crippen molar-refractivity contribution in [3.05, 3.63) is 68.7 Å². The van der Waals surface area contributed by atoms with Crippen LogP contribution in [0.25, 0.3) is 0 Å². The first-order valence-corrected chi connectivity index (χ1v) is 6.66. The Morgan fingerprint density at radius 1 is 1.24 bits per heavy atom. The molecular weight excluding hydrogens is 294 g/mol. The molecule has 1 unspecified atom stereocenters. The highest BCUT2D eigenvalue weighted by atomic mass is 35.5. The zero-order chi connectivity index (χ0) is 15.0. The van der Waals surface area contributed by atoms with Crippen molar-refractivity contribution in [1.82, 2.24) is 0 Å². The third kappa shape index (κ3) is 2.60. The lowest BCUT2D eigenvalue weighted by atomic mass is 9.96. The van der Waals surface area contributed by atoms with Crippen LogP contribution in [0.3, 0.4) is 0 Å². The maximum atomic E-state index is 12.2. The van der Waals surface area contributed by atoms with Gasteiger partial charge in [-0.3, -0.25) is 14.9 Å². The molecule has 0 aromatic heterocycles. The molecule has 106 valence electrons. The largest absolute Gasteiger partial charge is 0.484 e. The summed E-state index contributed by atoms with van der Waals surface area (Å²) in [6.07, 6.45) is -0.389. The molecular formula is C15H10ClNO4. The summed E-state index contributed by atoms with van der Waals surface area (Å²) in [6.45, 7) is 0. The highest BCUT2D eigenvalue weighted by molar-refractivity contribution is 6.31. The van der Waals surface area contributed by atoms with Crippen LogP contribution in [-0.2, 0) is 0 Å². The van der Waals surface area contributed by atoms with Crippen molar-refractivity contribution in [1.29, 1.82) is 0 Å². The molecule has 0 saturated carbocycles. The fourth-order valence-electron chi connectivity index (χ4n) is 2.32. The van der Waals surface area contributed by atoms with Crippen LogP contribution in [0.4, 0.5) is 5.69 Å². The molecule has 3 rings (SSSR count). The van der Waals surface area contributed by atoms with Gasteiger partial charge in [-0.1, -0.05) is 23.7 Å². The number of carbonyl (C=O) groups is 1. The number of ketones is 1. The van der Waals surface area contributed by atoms with Crippen LogP contribution in [0.1, 0.15) is 28.4 Å². The smallest absolute Gasteiger partial charge is 0.269 e. The lowest BCUT2D eigenvalue weighted by molar-refractivity contribution is -0.385. The Bertz CT molecular complexity index is 744. The molecule has 1 heterocycles. The molecule has 1 aliphatic rings. The summed E-state index contributed by atoms with van der Waals surface area (Å²) >= 11 is 5.87. The minimum absolute atomic E-state index is 0.0227. The molecule has 5 nitrogen and oxygen atoms in total. The maximum Gasteiger partial charge on any atom is 0.269 e. The van der Waals surface area contributed by atoms with E-state index in [1.54, 1.807) is 30.3 Å². The first kappa shape index (κ1) is 13.6. The van der Waals surface area contributed by atoms with Gasteiger partial charge >= 0.3 is 0 Å². The number of fused-ring (bicyclic) bond motifs is 1. The van der Waals surface area contributed by atoms with Crippen molar-refractivity contribution in [3.63, 3.8) is 0 Å². The molecule has 0 saturated heterocycles. The second-order valence-corrected chi connectivity index (χ2v) is 5.16. The highest BCUT2D eigenvalue weighted by Crippen LogP contribution is 2.36. The number of non-ortho nitro benzene ring substituents is 1. The van der Waals surface area contributed by atoms with Crippen molar-refractivity contribution in [2.75, 3.05) is 0 Å². The van der Waals surface area contributed by atoms with Gasteiger partial charge in [-0.25, -0.2) is 0 Å². The number of hydrogen-bond donors (Lipinski definition) is 0. The number of Topliss-reactive ketones (excluding diaryl/α,β-unsaturated/α-hetero) is 1. The zero-order valence-corrected chi connectivity index (χ0v) is 11.5. The van der Waals surface area contributed by atoms with E-state index in [1.807, 2.05) is 0 Å². The van der Waals surface area contributed by atoms with Gasteiger partial charge in [0.15, 0.2) is 5.78 Å². The lowest BCUT2D eigenvalue weighted by Gasteiger charge is -2.25. The van der Waals surface area contributed by atoms with Crippen molar-refractivity contribution in [2.45, 2.75) is 12.5 Å². The third-order valence-electron chi connectivity index (χ3n) is 3.33. The molecule has 0 radical (unpaired) electrons. The summed E-state index contributed by atoms with van der Waals surface area (Å²) in [7, 11) is 0. The molecule has 0 N–H and O–H groups in total. The number of nitrogens with zero attached hydrogens (tertiary/aromatic N) is 1. The van der Waals surface area contributed by atoms with E-state index in [1.165, 1.54) is 12.1 Å². The molecule has 2 aromatic carbocycles. The molecule has 0 fully saturated rings. The molecule has 2 aromatic rings. The SMILES string of the molecule is O=C1CC(c2cccc([N+](=O)[O-])c2)Oc2ccc(Cl)cc21. The van der Waals surface area contributed by atoms with Gasteiger partial charge in [0.25, 0.3) is 5.69 Å². The standard InChI is InChI=1S/C15H10ClNO4/c16-10-4-5-14-12(7-10)13(18)8-15(21-14)9-2-1-3-11(6-9)17(19)20/h1-7,15H,8H2. The number of carbonyl (C=O) groups excluding carboxylic acids is 1. The van der Waals surface area contributed by atoms with Gasteiger partial charge in [0, 0.05) is 17.2 Å². The van der Waals surface area contributed by atoms with Crippen molar-refractivity contribution in [2.24, 2.45) is 0 Å². The van der Waals surface area contributed by atoms with Crippen LogP contribution in [0, 0.1) is 10.1 Å². The van der Waals surface area contributed by atoms with E-state index >= 15 is 0 Å². The average Bonchev–Trinajstić information content (AvgIpc) is 2.48. The summed E-state index contributed by atoms with van der Waals surface area (Å²) in [5.74, 6) is 0.363. The van der Waals surface area contributed by atoms with Crippen LogP contribution in [0.15, 0.2) is 42.5 Å². The van der Waals surface area contributed by atoms with E-state index in [0.29, 0.717) is 21.9 Å². The number of rotatable bonds is 2. The summed E-state index contributed by atoms with van der Waals surface area (Å²) in [6, 6.07) is 11.0. The van der Waals surface area contributed by atoms with Gasteiger partial charge in [0.05, 0.1) is 16.9 Å². The topological polar surface area (TPSA) is 69.4 Å². The van der Waals surface area contributed by atoms with Crippen molar-refractivity contribution >= 4 is 23.1 Å². The Morgan fingerprint density at radius 2 is 2.05 bits per heavy atom. The first-order valence-electron chi connectivity index (χ1n) is 6.28. The Kier molecular flexibility index (Phi) is 3.35. The summed E-state index contributed by atoms with van der Waals surface area (Å²) < 4.78 is 5.78. The minimum Gasteiger partial charge on any atom is -0.484 e. The second-order valence-electron chi connectivity index (χ2n) is 4.73. The molecule has 1 aliphatic heterocycles. The van der Waals surface area contributed by atoms with E-state index in [0.717, 1.165) is 0 Å². The van der Waals surface area contributed by atoms with Crippen LogP contribution in [0.2, 0.25) is 5.02 Å². The average molecular weight is 304 g/mol. The number of ether oxygens (including phenoxy) is 1. The number of hydrogen-bond acceptors (Lipinski definition) is 4. The number of nitro benzene ring substituents is 1. The van der Waals surface area contributed by atoms with E-state index in [2.05, 4.69) is 0 Å². The fourth-order valence-corrected chi connectivity index (χ4v) is 2.49. The van der Waals surface area contributed by atoms with Crippen molar-refractivity contribution < 1.29 is 14.5 Å². The first-order chi connectivity index (χ1) is 10.0. The molecule has 21 heavy (non-hydrogen) atoms. The van der Waals surface area contributed by atoms with E-state index in [-0.39, 0.29) is 17.9 Å². The lowest BCUT2D eigenvalue weighted by Crippen LogP contribution is -2.20. The Labute approximate surface area is 125 Å². The quantitative estimate of drug-likeness (QED) is 0.622. The van der Waals surface area contributed by atoms with Crippen molar-refractivity contribution in [3.8, 4) is 5.75 Å². The van der Waals surface area contributed by atoms with Crippen LogP contribution in [-0.4, -0.2) is 10.7 Å². The fraction of sp³-hybridized carbons (Fsp3) is 0.133. The molecule has 0 spiro atoms. The van der Waals surface area contributed by atoms with Crippen LogP contribution >= 0.6 is 11.6 Å². The number of benzene rings is 2. The monoisotopic (exact) mass is 303 g/mol. The van der Waals surface area contributed by atoms with Gasteiger partial charge in [-0.2, -0.15) is 0 Å². The van der Waals surface area contributed by atoms with E-state index in [4.69, 9.17) is 16.3 Å². The molecule has 0 bridgehead atoms. The Morgan fingerprint density at radius 3 is 2.81 bits per heavy atom. The highest BCUT2D eigenvalue weighted by Gasteiger charge is 2.28. The third-order valence-corrected chi connectivity index (χ3v) is 3.57. The molecule has 1 atom stereocenters. The number of halogens is 1. The van der Waals surface area contributed by atoms with Gasteiger partial charge < -0.3 is 4.74 Å². The number of nitro groups is 1. The normalized spacial score (nSPS) is 17.0. The van der Waals surface area contributed by atoms with E-state index in [9.17, 15) is 14.9 Å². The summed E-state index contributed by atoms with van der Waals surface area (Å²) in [5, 5.41) is 11.3. The Balaban J connectivity index is 1.96. The van der Waals surface area contributed by atoms with Gasteiger partial charge in [0.1, 0.15) is 11.9 Å². The summed E-state index contributed by atoms with van der Waals surface area (Å²) in [5.41, 5.74) is 1.03. The molecule has 6 heteroatoms. The zero-order valence-electron chi connectivity index (χ0n) is 10.8. The summed E-state index contributed by atoms with van der Waals surface area (Å²) in [4.78, 5) is 22.5. The predicted octanol–water partition coefficient (Wildman–Crippen LogP) is 3.95. The predicted molar refractivity (Wildman–Crippen MR) is 76.9 cm³/mol. The second kappa shape index (κ2) is 5.18. The van der Waals surface area contributed by atoms with Gasteiger partial charge in [-0.15, -0.1) is 0 Å². The molecule has 0 amide bonds. The van der Waals surface area contributed by atoms with E-state index < -0.39 is 11.0 Å². The van der Waals surface area contributed by atoms with Crippen LogP contribution in [0.5, 0.6) is 5.75 Å². The minimum atomic E-state index is -0.522. The maximum absolute atomic E-state index is 12.2. The van der Waals surface area contributed by atoms with Crippen LogP contribution < -0.4 is 4.74 Å². The Hall–Kier alpha value is -2.40. The van der Waals surface area contributed by atoms with Gasteiger partial charge in [0.2, 0.25) is 0 Å². The molecule has 0 aliphatic carbocycles. The van der Waals surface area contributed by atoms with Gasteiger partial charge in [-0.05, 0) is 23.8 Å².